The number of amides is 2. The van der Waals surface area contributed by atoms with Crippen molar-refractivity contribution in [2.45, 2.75) is 19.5 Å². The summed E-state index contributed by atoms with van der Waals surface area (Å²) in [6, 6.07) is 7.75. The molecule has 0 bridgehead atoms. The second-order valence-corrected chi connectivity index (χ2v) is 5.84. The summed E-state index contributed by atoms with van der Waals surface area (Å²) in [5.41, 5.74) is -1.28. The Morgan fingerprint density at radius 1 is 1.07 bits per heavy atom. The van der Waals surface area contributed by atoms with E-state index in [1.54, 1.807) is 0 Å². The lowest BCUT2D eigenvalue weighted by Gasteiger charge is -2.15. The van der Waals surface area contributed by atoms with E-state index in [1.807, 2.05) is 0 Å². The van der Waals surface area contributed by atoms with Gasteiger partial charge in [0.15, 0.2) is 0 Å². The highest BCUT2D eigenvalue weighted by atomic mass is 19.4. The van der Waals surface area contributed by atoms with E-state index in [0.717, 1.165) is 18.2 Å². The Bertz CT molecular complexity index is 914. The fourth-order valence-electron chi connectivity index (χ4n) is 2.26. The number of carbonyl (C=O) groups excluding carboxylic acids is 2. The van der Waals surface area contributed by atoms with E-state index in [0.29, 0.717) is 5.75 Å². The van der Waals surface area contributed by atoms with Crippen LogP contribution in [0.4, 0.5) is 30.2 Å². The molecule has 2 aromatic rings. The van der Waals surface area contributed by atoms with Gasteiger partial charge in [0.2, 0.25) is 11.8 Å². The van der Waals surface area contributed by atoms with Gasteiger partial charge in [0.25, 0.3) is 5.69 Å². The molecule has 0 aromatic heterocycles. The number of nitro benzene ring substituents is 1. The molecule has 0 aliphatic rings. The summed E-state index contributed by atoms with van der Waals surface area (Å²) in [5, 5.41) is 15.2. The van der Waals surface area contributed by atoms with Crippen molar-refractivity contribution in [3.05, 3.63) is 58.1 Å². The lowest BCUT2D eigenvalue weighted by Crippen LogP contribution is -2.18. The number of anilines is 2. The molecule has 0 aliphatic carbocycles. The van der Waals surface area contributed by atoms with Crippen molar-refractivity contribution in [3.63, 3.8) is 0 Å². The number of non-ortho nitro benzene ring substituents is 1. The summed E-state index contributed by atoms with van der Waals surface area (Å²) in [7, 11) is 0. The highest BCUT2D eigenvalue weighted by molar-refractivity contribution is 5.99. The maximum absolute atomic E-state index is 12.9. The van der Waals surface area contributed by atoms with Crippen LogP contribution in [0.1, 0.15) is 18.9 Å². The highest BCUT2D eigenvalue weighted by Crippen LogP contribution is 2.34. The van der Waals surface area contributed by atoms with Gasteiger partial charge in [0, 0.05) is 19.1 Å². The monoisotopic (exact) mass is 411 g/mol. The zero-order chi connectivity index (χ0) is 21.6. The molecule has 0 heterocycles. The number of ether oxygens (including phenoxy) is 1. The molecule has 8 nitrogen and oxygen atoms in total. The first-order chi connectivity index (χ1) is 13.6. The van der Waals surface area contributed by atoms with Crippen LogP contribution in [0.25, 0.3) is 0 Å². The van der Waals surface area contributed by atoms with Gasteiger partial charge >= 0.3 is 6.18 Å². The Labute approximate surface area is 162 Å². The molecule has 0 fully saturated rings. The van der Waals surface area contributed by atoms with Gasteiger partial charge in [-0.2, -0.15) is 13.2 Å². The Morgan fingerprint density at radius 3 is 2.28 bits per heavy atom. The molecule has 2 aromatic carbocycles. The number of halogens is 3. The predicted molar refractivity (Wildman–Crippen MR) is 97.6 cm³/mol. The summed E-state index contributed by atoms with van der Waals surface area (Å²) < 4.78 is 44.0. The van der Waals surface area contributed by atoms with Crippen LogP contribution in [0, 0.1) is 10.1 Å². The number of nitro groups is 1. The Morgan fingerprint density at radius 2 is 1.72 bits per heavy atom. The maximum atomic E-state index is 12.9. The highest BCUT2D eigenvalue weighted by Gasteiger charge is 2.31. The number of hydrogen-bond acceptors (Lipinski definition) is 5. The third-order valence-corrected chi connectivity index (χ3v) is 3.58. The van der Waals surface area contributed by atoms with Crippen molar-refractivity contribution in [1.82, 2.24) is 0 Å². The van der Waals surface area contributed by atoms with E-state index in [-0.39, 0.29) is 30.1 Å². The molecule has 0 atom stereocenters. The summed E-state index contributed by atoms with van der Waals surface area (Å²) in [6.45, 7) is 1.07. The molecule has 0 spiro atoms. The largest absolute Gasteiger partial charge is 0.493 e. The minimum Gasteiger partial charge on any atom is -0.493 e. The van der Waals surface area contributed by atoms with E-state index >= 15 is 0 Å². The molecule has 2 amide bonds. The number of carbonyl (C=O) groups is 2. The molecular weight excluding hydrogens is 395 g/mol. The lowest BCUT2D eigenvalue weighted by atomic mass is 10.1. The molecule has 0 unspecified atom stereocenters. The average molecular weight is 411 g/mol. The zero-order valence-corrected chi connectivity index (χ0v) is 15.1. The normalized spacial score (nSPS) is 10.9. The molecule has 154 valence electrons. The second-order valence-electron chi connectivity index (χ2n) is 5.84. The summed E-state index contributed by atoms with van der Waals surface area (Å²) in [4.78, 5) is 33.3. The first-order valence-electron chi connectivity index (χ1n) is 8.22. The molecule has 0 aliphatic heterocycles. The molecular formula is C18H16F3N3O5. The standard InChI is InChI=1S/C18H16F3N3O5/c1-11(25)22-15-7-2-12(18(19,20)21)10-16(15)23-17(26)8-9-29-14-5-3-13(4-6-14)24(27)28/h2-7,10H,8-9H2,1H3,(H,22,25)(H,23,26). The first-order valence-corrected chi connectivity index (χ1v) is 8.22. The molecule has 0 saturated carbocycles. The van der Waals surface area contributed by atoms with Crippen LogP contribution < -0.4 is 15.4 Å². The third kappa shape index (κ3) is 6.48. The predicted octanol–water partition coefficient (Wildman–Crippen LogP) is 3.98. The van der Waals surface area contributed by atoms with Crippen LogP contribution in [0.5, 0.6) is 5.75 Å². The van der Waals surface area contributed by atoms with Crippen molar-refractivity contribution in [3.8, 4) is 5.75 Å². The van der Waals surface area contributed by atoms with Crippen LogP contribution in [-0.4, -0.2) is 23.3 Å². The molecule has 0 radical (unpaired) electrons. The molecule has 11 heteroatoms. The van der Waals surface area contributed by atoms with E-state index < -0.39 is 28.5 Å². The number of hydrogen-bond donors (Lipinski definition) is 2. The van der Waals surface area contributed by atoms with Gasteiger partial charge in [0.05, 0.1) is 34.9 Å². The summed E-state index contributed by atoms with van der Waals surface area (Å²) in [5.74, 6) is -0.860. The van der Waals surface area contributed by atoms with Gasteiger partial charge in [-0.25, -0.2) is 0 Å². The second kappa shape index (κ2) is 9.04. The van der Waals surface area contributed by atoms with E-state index in [4.69, 9.17) is 4.74 Å². The lowest BCUT2D eigenvalue weighted by molar-refractivity contribution is -0.384. The minimum absolute atomic E-state index is 0.0233. The zero-order valence-electron chi connectivity index (χ0n) is 15.1. The number of rotatable bonds is 7. The topological polar surface area (TPSA) is 111 Å². The third-order valence-electron chi connectivity index (χ3n) is 3.58. The van der Waals surface area contributed by atoms with Crippen molar-refractivity contribution >= 4 is 28.9 Å². The van der Waals surface area contributed by atoms with E-state index in [9.17, 15) is 32.9 Å². The minimum atomic E-state index is -4.62. The van der Waals surface area contributed by atoms with Gasteiger partial charge < -0.3 is 15.4 Å². The number of nitrogens with one attached hydrogen (secondary N) is 2. The van der Waals surface area contributed by atoms with Gasteiger partial charge in [0.1, 0.15) is 5.75 Å². The summed E-state index contributed by atoms with van der Waals surface area (Å²) >= 11 is 0. The maximum Gasteiger partial charge on any atom is 0.416 e. The van der Waals surface area contributed by atoms with Crippen LogP contribution >= 0.6 is 0 Å². The van der Waals surface area contributed by atoms with E-state index in [1.165, 1.54) is 31.2 Å². The molecule has 2 N–H and O–H groups in total. The Kier molecular flexibility index (Phi) is 6.75. The van der Waals surface area contributed by atoms with Gasteiger partial charge in [-0.15, -0.1) is 0 Å². The number of nitrogens with zero attached hydrogens (tertiary/aromatic N) is 1. The quantitative estimate of drug-likeness (QED) is 0.529. The van der Waals surface area contributed by atoms with E-state index in [2.05, 4.69) is 10.6 Å². The SMILES string of the molecule is CC(=O)Nc1ccc(C(F)(F)F)cc1NC(=O)CCOc1ccc([N+](=O)[O-])cc1. The first kappa shape index (κ1) is 21.7. The fraction of sp³-hybridized carbons (Fsp3) is 0.222. The Hall–Kier alpha value is -3.63. The molecule has 2 rings (SSSR count). The summed E-state index contributed by atoms with van der Waals surface area (Å²) in [6.07, 6.45) is -4.82. The van der Waals surface area contributed by atoms with Gasteiger partial charge in [-0.3, -0.25) is 19.7 Å². The van der Waals surface area contributed by atoms with Crippen molar-refractivity contribution in [2.75, 3.05) is 17.2 Å². The van der Waals surface area contributed by atoms with Crippen molar-refractivity contribution < 1.29 is 32.4 Å². The van der Waals surface area contributed by atoms with Crippen LogP contribution in [0.15, 0.2) is 42.5 Å². The number of alkyl halides is 3. The van der Waals surface area contributed by atoms with Crippen LogP contribution in [0.3, 0.4) is 0 Å². The van der Waals surface area contributed by atoms with Crippen molar-refractivity contribution in [2.24, 2.45) is 0 Å². The average Bonchev–Trinajstić information content (AvgIpc) is 2.62. The molecule has 29 heavy (non-hydrogen) atoms. The molecule has 0 saturated heterocycles. The van der Waals surface area contributed by atoms with Crippen LogP contribution in [-0.2, 0) is 15.8 Å². The van der Waals surface area contributed by atoms with Gasteiger partial charge in [-0.1, -0.05) is 0 Å². The van der Waals surface area contributed by atoms with Crippen LogP contribution in [0.2, 0.25) is 0 Å². The van der Waals surface area contributed by atoms with Gasteiger partial charge in [-0.05, 0) is 30.3 Å². The van der Waals surface area contributed by atoms with Crippen molar-refractivity contribution in [1.29, 1.82) is 0 Å². The Balaban J connectivity index is 2.01. The fourth-order valence-corrected chi connectivity index (χ4v) is 2.26. The smallest absolute Gasteiger partial charge is 0.416 e. The number of benzene rings is 2.